The lowest BCUT2D eigenvalue weighted by molar-refractivity contribution is -0.109. The third-order valence-corrected chi connectivity index (χ3v) is 3.61. The lowest BCUT2D eigenvalue weighted by atomic mass is 9.97. The van der Waals surface area contributed by atoms with Gasteiger partial charge in [-0.05, 0) is 46.5 Å². The van der Waals surface area contributed by atoms with Crippen LogP contribution in [0.2, 0.25) is 0 Å². The number of carbonyl (C=O) groups excluding carboxylic acids is 1. The number of methoxy groups -OCH3 is 2. The maximum Gasteiger partial charge on any atom is 0.174 e. The number of hydrogen-bond acceptors (Lipinski definition) is 3. The van der Waals surface area contributed by atoms with Crippen molar-refractivity contribution >= 4 is 22.2 Å². The van der Waals surface area contributed by atoms with Gasteiger partial charge in [0.05, 0.1) is 24.1 Å². The van der Waals surface area contributed by atoms with E-state index in [1.165, 1.54) is 0 Å². The maximum absolute atomic E-state index is 11.1. The van der Waals surface area contributed by atoms with E-state index < -0.39 is 0 Å². The predicted octanol–water partition coefficient (Wildman–Crippen LogP) is 2.70. The zero-order valence-corrected chi connectivity index (χ0v) is 10.8. The molecule has 16 heavy (non-hydrogen) atoms. The van der Waals surface area contributed by atoms with Crippen molar-refractivity contribution < 1.29 is 14.3 Å². The van der Waals surface area contributed by atoms with E-state index in [9.17, 15) is 4.79 Å². The van der Waals surface area contributed by atoms with Crippen molar-refractivity contribution in [1.82, 2.24) is 0 Å². The Labute approximate surface area is 103 Å². The van der Waals surface area contributed by atoms with E-state index in [0.717, 1.165) is 29.2 Å². The second-order valence-corrected chi connectivity index (χ2v) is 4.82. The number of carbonyl (C=O) groups is 1. The first-order chi connectivity index (χ1) is 7.66. The fourth-order valence-corrected chi connectivity index (χ4v) is 2.42. The quantitative estimate of drug-likeness (QED) is 0.798. The molecule has 1 aliphatic rings. The molecule has 1 aromatic rings. The zero-order valence-electron chi connectivity index (χ0n) is 9.25. The summed E-state index contributed by atoms with van der Waals surface area (Å²) < 4.78 is 11.3. The van der Waals surface area contributed by atoms with E-state index in [1.54, 1.807) is 14.2 Å². The summed E-state index contributed by atoms with van der Waals surface area (Å²) >= 11 is 3.43. The molecule has 3 nitrogen and oxygen atoms in total. The molecular formula is C12H13BrO3. The molecule has 0 aliphatic heterocycles. The van der Waals surface area contributed by atoms with Crippen molar-refractivity contribution in [2.45, 2.75) is 18.3 Å². The lowest BCUT2D eigenvalue weighted by Crippen LogP contribution is -2.08. The molecule has 0 radical (unpaired) electrons. The molecule has 0 heterocycles. The molecule has 86 valence electrons. The molecule has 0 bridgehead atoms. The summed E-state index contributed by atoms with van der Waals surface area (Å²) in [5.74, 6) is 1.31. The smallest absolute Gasteiger partial charge is 0.174 e. The zero-order chi connectivity index (χ0) is 11.8. The van der Waals surface area contributed by atoms with Gasteiger partial charge in [0.2, 0.25) is 0 Å². The van der Waals surface area contributed by atoms with Crippen LogP contribution in [0, 0.1) is 0 Å². The van der Waals surface area contributed by atoms with Crippen molar-refractivity contribution in [2.75, 3.05) is 14.2 Å². The Balaban J connectivity index is 2.50. The topological polar surface area (TPSA) is 35.5 Å². The van der Waals surface area contributed by atoms with Gasteiger partial charge in [-0.3, -0.25) is 0 Å². The highest BCUT2D eigenvalue weighted by Gasteiger charge is 2.45. The summed E-state index contributed by atoms with van der Waals surface area (Å²) in [6.07, 6.45) is 2.86. The van der Waals surface area contributed by atoms with E-state index >= 15 is 0 Å². The molecule has 0 saturated heterocycles. The second-order valence-electron chi connectivity index (χ2n) is 3.97. The molecule has 1 aromatic carbocycles. The first-order valence-corrected chi connectivity index (χ1v) is 5.84. The summed E-state index contributed by atoms with van der Waals surface area (Å²) in [5.41, 5.74) is 0.703. The van der Waals surface area contributed by atoms with Crippen LogP contribution in [-0.2, 0) is 10.2 Å². The minimum atomic E-state index is -0.290. The number of halogens is 1. The Morgan fingerprint density at radius 2 is 2.00 bits per heavy atom. The van der Waals surface area contributed by atoms with Crippen LogP contribution in [0.25, 0.3) is 0 Å². The molecule has 0 aromatic heterocycles. The van der Waals surface area contributed by atoms with Crippen LogP contribution in [0.4, 0.5) is 0 Å². The summed E-state index contributed by atoms with van der Waals surface area (Å²) in [7, 11) is 3.18. The molecule has 4 heteroatoms. The van der Waals surface area contributed by atoms with Crippen LogP contribution in [0.3, 0.4) is 0 Å². The van der Waals surface area contributed by atoms with Gasteiger partial charge in [0.15, 0.2) is 11.5 Å². The van der Waals surface area contributed by atoms with Gasteiger partial charge in [0.1, 0.15) is 6.29 Å². The fourth-order valence-electron chi connectivity index (χ4n) is 1.81. The molecule has 0 unspecified atom stereocenters. The average Bonchev–Trinajstić information content (AvgIpc) is 3.08. The Hall–Kier alpha value is -1.03. The first kappa shape index (κ1) is 11.5. The van der Waals surface area contributed by atoms with E-state index in [-0.39, 0.29) is 5.41 Å². The first-order valence-electron chi connectivity index (χ1n) is 5.05. The lowest BCUT2D eigenvalue weighted by Gasteiger charge is -2.14. The molecule has 2 rings (SSSR count). The number of benzene rings is 1. The normalized spacial score (nSPS) is 16.7. The van der Waals surface area contributed by atoms with Gasteiger partial charge in [-0.1, -0.05) is 0 Å². The molecular weight excluding hydrogens is 272 g/mol. The molecule has 0 N–H and O–H groups in total. The van der Waals surface area contributed by atoms with E-state index in [0.29, 0.717) is 11.5 Å². The molecule has 1 aliphatic carbocycles. The van der Waals surface area contributed by atoms with Crippen LogP contribution in [-0.4, -0.2) is 20.5 Å². The predicted molar refractivity (Wildman–Crippen MR) is 64.2 cm³/mol. The van der Waals surface area contributed by atoms with Gasteiger partial charge >= 0.3 is 0 Å². The monoisotopic (exact) mass is 284 g/mol. The van der Waals surface area contributed by atoms with Gasteiger partial charge in [0.25, 0.3) is 0 Å². The van der Waals surface area contributed by atoms with Gasteiger partial charge in [-0.25, -0.2) is 0 Å². The standard InChI is InChI=1S/C12H13BrO3/c1-15-10-6-8(12(7-14)3-4-12)5-9(13)11(10)16-2/h5-7H,3-4H2,1-2H3. The van der Waals surface area contributed by atoms with Crippen LogP contribution >= 0.6 is 15.9 Å². The van der Waals surface area contributed by atoms with Gasteiger partial charge < -0.3 is 14.3 Å². The van der Waals surface area contributed by atoms with Crippen molar-refractivity contribution in [2.24, 2.45) is 0 Å². The minimum absolute atomic E-state index is 0.290. The van der Waals surface area contributed by atoms with E-state index in [2.05, 4.69) is 15.9 Å². The second kappa shape index (κ2) is 4.09. The number of rotatable bonds is 4. The van der Waals surface area contributed by atoms with Crippen molar-refractivity contribution in [1.29, 1.82) is 0 Å². The van der Waals surface area contributed by atoms with Gasteiger partial charge in [0, 0.05) is 0 Å². The summed E-state index contributed by atoms with van der Waals surface area (Å²) in [4.78, 5) is 11.1. The third kappa shape index (κ3) is 1.71. The van der Waals surface area contributed by atoms with Crippen molar-refractivity contribution in [3.05, 3.63) is 22.2 Å². The summed E-state index contributed by atoms with van der Waals surface area (Å²) in [6.45, 7) is 0. The molecule has 0 amide bonds. The Morgan fingerprint density at radius 1 is 1.31 bits per heavy atom. The molecule has 1 fully saturated rings. The van der Waals surface area contributed by atoms with Crippen molar-refractivity contribution in [3.8, 4) is 11.5 Å². The van der Waals surface area contributed by atoms with Crippen LogP contribution in [0.15, 0.2) is 16.6 Å². The highest BCUT2D eigenvalue weighted by atomic mass is 79.9. The summed E-state index contributed by atoms with van der Waals surface area (Å²) in [5, 5.41) is 0. The van der Waals surface area contributed by atoms with Crippen molar-refractivity contribution in [3.63, 3.8) is 0 Å². The average molecular weight is 285 g/mol. The summed E-state index contributed by atoms with van der Waals surface area (Å²) in [6, 6.07) is 3.81. The fraction of sp³-hybridized carbons (Fsp3) is 0.417. The molecule has 0 spiro atoms. The largest absolute Gasteiger partial charge is 0.493 e. The van der Waals surface area contributed by atoms with Crippen LogP contribution in [0.5, 0.6) is 11.5 Å². The SMILES string of the molecule is COc1cc(C2(C=O)CC2)cc(Br)c1OC. The maximum atomic E-state index is 11.1. The number of ether oxygens (including phenoxy) is 2. The number of hydrogen-bond donors (Lipinski definition) is 0. The number of aldehydes is 1. The van der Waals surface area contributed by atoms with Crippen LogP contribution < -0.4 is 9.47 Å². The van der Waals surface area contributed by atoms with E-state index in [4.69, 9.17) is 9.47 Å². The Kier molecular flexibility index (Phi) is 2.93. The highest BCUT2D eigenvalue weighted by Crippen LogP contribution is 2.49. The van der Waals surface area contributed by atoms with Crippen LogP contribution in [0.1, 0.15) is 18.4 Å². The third-order valence-electron chi connectivity index (χ3n) is 3.02. The molecule has 0 atom stereocenters. The van der Waals surface area contributed by atoms with Gasteiger partial charge in [-0.2, -0.15) is 0 Å². The highest BCUT2D eigenvalue weighted by molar-refractivity contribution is 9.10. The Morgan fingerprint density at radius 3 is 2.44 bits per heavy atom. The Bertz CT molecular complexity index is 425. The molecule has 1 saturated carbocycles. The minimum Gasteiger partial charge on any atom is -0.493 e. The van der Waals surface area contributed by atoms with Gasteiger partial charge in [-0.15, -0.1) is 0 Å². The van der Waals surface area contributed by atoms with E-state index in [1.807, 2.05) is 12.1 Å².